The Morgan fingerprint density at radius 2 is 1.80 bits per heavy atom. The third kappa shape index (κ3) is 4.93. The molecule has 1 aliphatic heterocycles. The molecule has 3 nitrogen and oxygen atoms in total. The molecule has 1 N–H and O–H groups in total. The van der Waals surface area contributed by atoms with Crippen molar-refractivity contribution in [1.82, 2.24) is 5.32 Å². The van der Waals surface area contributed by atoms with Gasteiger partial charge in [-0.2, -0.15) is 0 Å². The van der Waals surface area contributed by atoms with Gasteiger partial charge in [0.1, 0.15) is 0 Å². The first-order valence-electron chi connectivity index (χ1n) is 9.29. The lowest BCUT2D eigenvalue weighted by Crippen LogP contribution is -2.35. The van der Waals surface area contributed by atoms with Gasteiger partial charge in [-0.3, -0.25) is 4.79 Å². The van der Waals surface area contributed by atoms with Gasteiger partial charge in [-0.1, -0.05) is 61.0 Å². The van der Waals surface area contributed by atoms with Gasteiger partial charge < -0.3 is 10.1 Å². The van der Waals surface area contributed by atoms with E-state index in [9.17, 15) is 4.79 Å². The van der Waals surface area contributed by atoms with Crippen LogP contribution < -0.4 is 5.32 Å². The monoisotopic (exact) mass is 337 g/mol. The van der Waals surface area contributed by atoms with E-state index in [2.05, 4.69) is 29.6 Å². The van der Waals surface area contributed by atoms with E-state index in [0.29, 0.717) is 12.6 Å². The maximum absolute atomic E-state index is 12.3. The highest BCUT2D eigenvalue weighted by Crippen LogP contribution is 2.23. The highest BCUT2D eigenvalue weighted by molar-refractivity contribution is 5.78. The number of carbonyl (C=O) groups excluding carboxylic acids is 1. The van der Waals surface area contributed by atoms with Crippen molar-refractivity contribution in [1.29, 1.82) is 0 Å². The van der Waals surface area contributed by atoms with Gasteiger partial charge in [-0.05, 0) is 49.4 Å². The van der Waals surface area contributed by atoms with E-state index in [1.807, 2.05) is 37.3 Å². The van der Waals surface area contributed by atoms with E-state index in [-0.39, 0.29) is 11.9 Å². The van der Waals surface area contributed by atoms with Gasteiger partial charge in [0.2, 0.25) is 0 Å². The molecule has 0 amide bonds. The second-order valence-corrected chi connectivity index (χ2v) is 6.81. The standard InChI is InChI=1S/C22H27NO2/c1-17(22(24)25-16-14-21-9-5-6-15-23-21)18-10-12-20(13-11-18)19-7-3-2-4-8-19/h2-4,7-8,10-13,17,21,23H,5-6,9,14-16H2,1H3. The Bertz CT molecular complexity index is 660. The molecule has 1 heterocycles. The largest absolute Gasteiger partial charge is 0.465 e. The average Bonchev–Trinajstić information content (AvgIpc) is 2.69. The highest BCUT2D eigenvalue weighted by Gasteiger charge is 2.18. The predicted molar refractivity (Wildman–Crippen MR) is 102 cm³/mol. The summed E-state index contributed by atoms with van der Waals surface area (Å²) >= 11 is 0. The molecular weight excluding hydrogens is 310 g/mol. The number of hydrogen-bond acceptors (Lipinski definition) is 3. The number of nitrogens with one attached hydrogen (secondary N) is 1. The topological polar surface area (TPSA) is 38.3 Å². The molecule has 3 rings (SSSR count). The number of benzene rings is 2. The van der Waals surface area contributed by atoms with Crippen molar-refractivity contribution in [3.63, 3.8) is 0 Å². The summed E-state index contributed by atoms with van der Waals surface area (Å²) in [5, 5.41) is 3.48. The quantitative estimate of drug-likeness (QED) is 0.787. The van der Waals surface area contributed by atoms with E-state index in [0.717, 1.165) is 24.1 Å². The van der Waals surface area contributed by atoms with E-state index in [1.165, 1.54) is 24.8 Å². The molecule has 0 radical (unpaired) electrons. The summed E-state index contributed by atoms with van der Waals surface area (Å²) < 4.78 is 5.50. The van der Waals surface area contributed by atoms with E-state index < -0.39 is 0 Å². The number of hydrogen-bond donors (Lipinski definition) is 1. The van der Waals surface area contributed by atoms with Gasteiger partial charge in [0.25, 0.3) is 0 Å². The van der Waals surface area contributed by atoms with Crippen molar-refractivity contribution in [2.45, 2.75) is 44.6 Å². The summed E-state index contributed by atoms with van der Waals surface area (Å²) in [6.45, 7) is 3.50. The summed E-state index contributed by atoms with van der Waals surface area (Å²) in [6.07, 6.45) is 4.63. The van der Waals surface area contributed by atoms with Crippen LogP contribution >= 0.6 is 0 Å². The smallest absolute Gasteiger partial charge is 0.313 e. The van der Waals surface area contributed by atoms with Crippen LogP contribution in [0.2, 0.25) is 0 Å². The second kappa shape index (κ2) is 8.82. The fourth-order valence-electron chi connectivity index (χ4n) is 3.33. The minimum Gasteiger partial charge on any atom is -0.465 e. The Hall–Kier alpha value is -2.13. The molecule has 25 heavy (non-hydrogen) atoms. The third-order valence-corrected chi connectivity index (χ3v) is 4.99. The zero-order valence-electron chi connectivity index (χ0n) is 14.9. The third-order valence-electron chi connectivity index (χ3n) is 4.99. The first-order chi connectivity index (χ1) is 12.2. The lowest BCUT2D eigenvalue weighted by molar-refractivity contribution is -0.145. The molecule has 0 saturated carbocycles. The lowest BCUT2D eigenvalue weighted by atomic mass is 9.97. The fourth-order valence-corrected chi connectivity index (χ4v) is 3.33. The maximum Gasteiger partial charge on any atom is 0.313 e. The summed E-state index contributed by atoms with van der Waals surface area (Å²) in [6, 6.07) is 18.9. The Balaban J connectivity index is 1.51. The van der Waals surface area contributed by atoms with Gasteiger partial charge in [0.05, 0.1) is 12.5 Å². The zero-order valence-corrected chi connectivity index (χ0v) is 14.9. The number of rotatable bonds is 6. The van der Waals surface area contributed by atoms with Gasteiger partial charge in [-0.15, -0.1) is 0 Å². The van der Waals surface area contributed by atoms with Crippen LogP contribution in [-0.2, 0) is 9.53 Å². The zero-order chi connectivity index (χ0) is 17.5. The van der Waals surface area contributed by atoms with Crippen LogP contribution in [0.25, 0.3) is 11.1 Å². The molecule has 0 bridgehead atoms. The first-order valence-corrected chi connectivity index (χ1v) is 9.29. The average molecular weight is 337 g/mol. The molecule has 1 aliphatic rings. The summed E-state index contributed by atoms with van der Waals surface area (Å²) in [4.78, 5) is 12.3. The molecule has 2 unspecified atom stereocenters. The second-order valence-electron chi connectivity index (χ2n) is 6.81. The predicted octanol–water partition coefficient (Wildman–Crippen LogP) is 4.53. The van der Waals surface area contributed by atoms with Crippen molar-refractivity contribution in [2.24, 2.45) is 0 Å². The van der Waals surface area contributed by atoms with Crippen molar-refractivity contribution in [3.05, 3.63) is 60.2 Å². The molecule has 3 heteroatoms. The Morgan fingerprint density at radius 3 is 2.48 bits per heavy atom. The molecule has 0 spiro atoms. The first kappa shape index (κ1) is 17.7. The van der Waals surface area contributed by atoms with Crippen LogP contribution in [0.4, 0.5) is 0 Å². The van der Waals surface area contributed by atoms with E-state index in [1.54, 1.807) is 0 Å². The molecule has 0 aromatic heterocycles. The van der Waals surface area contributed by atoms with Crippen LogP contribution in [0.5, 0.6) is 0 Å². The number of carbonyl (C=O) groups is 1. The number of ether oxygens (including phenoxy) is 1. The Labute approximate surface area is 150 Å². The van der Waals surface area contributed by atoms with Gasteiger partial charge in [-0.25, -0.2) is 0 Å². The van der Waals surface area contributed by atoms with Crippen molar-refractivity contribution < 1.29 is 9.53 Å². The fraction of sp³-hybridized carbons (Fsp3) is 0.409. The molecule has 0 aliphatic carbocycles. The highest BCUT2D eigenvalue weighted by atomic mass is 16.5. The maximum atomic E-state index is 12.3. The SMILES string of the molecule is CC(C(=O)OCCC1CCCCN1)c1ccc(-c2ccccc2)cc1. The summed E-state index contributed by atoms with van der Waals surface area (Å²) in [5.41, 5.74) is 3.35. The molecule has 2 atom stereocenters. The van der Waals surface area contributed by atoms with Gasteiger partial charge in [0, 0.05) is 6.04 Å². The van der Waals surface area contributed by atoms with Crippen molar-refractivity contribution in [2.75, 3.05) is 13.2 Å². The van der Waals surface area contributed by atoms with Crippen LogP contribution in [0.15, 0.2) is 54.6 Å². The lowest BCUT2D eigenvalue weighted by Gasteiger charge is -2.23. The Kier molecular flexibility index (Phi) is 6.24. The summed E-state index contributed by atoms with van der Waals surface area (Å²) in [5.74, 6) is -0.368. The Morgan fingerprint density at radius 1 is 1.08 bits per heavy atom. The molecule has 1 fully saturated rings. The normalized spacial score (nSPS) is 18.5. The van der Waals surface area contributed by atoms with Crippen LogP contribution in [0.1, 0.15) is 44.1 Å². The minimum atomic E-state index is -0.232. The van der Waals surface area contributed by atoms with E-state index >= 15 is 0 Å². The van der Waals surface area contributed by atoms with Gasteiger partial charge >= 0.3 is 5.97 Å². The number of esters is 1. The number of piperidine rings is 1. The van der Waals surface area contributed by atoms with Crippen molar-refractivity contribution >= 4 is 5.97 Å². The molecular formula is C22H27NO2. The summed E-state index contributed by atoms with van der Waals surface area (Å²) in [7, 11) is 0. The van der Waals surface area contributed by atoms with Crippen LogP contribution in [0, 0.1) is 0 Å². The molecule has 132 valence electrons. The van der Waals surface area contributed by atoms with Crippen LogP contribution in [-0.4, -0.2) is 25.2 Å². The molecule has 2 aromatic carbocycles. The van der Waals surface area contributed by atoms with E-state index in [4.69, 9.17) is 4.74 Å². The van der Waals surface area contributed by atoms with Crippen LogP contribution in [0.3, 0.4) is 0 Å². The molecule has 1 saturated heterocycles. The van der Waals surface area contributed by atoms with Crippen molar-refractivity contribution in [3.8, 4) is 11.1 Å². The van der Waals surface area contributed by atoms with Gasteiger partial charge in [0.15, 0.2) is 0 Å². The molecule has 2 aromatic rings. The minimum absolute atomic E-state index is 0.136.